The fourth-order valence-electron chi connectivity index (χ4n) is 2.94. The van der Waals surface area contributed by atoms with Gasteiger partial charge in [-0.3, -0.25) is 9.97 Å². The minimum atomic E-state index is 1.10. The number of benzene rings is 2. The van der Waals surface area contributed by atoms with Crippen molar-refractivity contribution < 1.29 is 0 Å². The summed E-state index contributed by atoms with van der Waals surface area (Å²) in [6.07, 6.45) is 3.87. The lowest BCUT2D eigenvalue weighted by Gasteiger charge is -2.13. The van der Waals surface area contributed by atoms with E-state index in [1.54, 1.807) is 0 Å². The van der Waals surface area contributed by atoms with Crippen molar-refractivity contribution in [1.82, 2.24) is 9.97 Å². The van der Waals surface area contributed by atoms with Crippen molar-refractivity contribution in [3.8, 4) is 0 Å². The molecule has 4 rings (SSSR count). The Balaban J connectivity index is 2.48. The first-order valence-electron chi connectivity index (χ1n) is 6.11. The van der Waals surface area contributed by atoms with E-state index in [4.69, 9.17) is 0 Å². The molecule has 2 heteroatoms. The van der Waals surface area contributed by atoms with Crippen LogP contribution in [0.5, 0.6) is 0 Å². The number of pyridine rings is 2. The van der Waals surface area contributed by atoms with Crippen LogP contribution in [0.4, 0.5) is 0 Å². The number of aryl methyl sites for hydroxylation is 2. The average Bonchev–Trinajstić information content (AvgIpc) is 2.38. The van der Waals surface area contributed by atoms with Gasteiger partial charge in [0.05, 0.1) is 0 Å². The Labute approximate surface area is 105 Å². The van der Waals surface area contributed by atoms with Crippen molar-refractivity contribution in [2.75, 3.05) is 0 Å². The summed E-state index contributed by atoms with van der Waals surface area (Å²) in [5.41, 5.74) is 2.21. The molecular weight excluding hydrogens is 220 g/mol. The van der Waals surface area contributed by atoms with Gasteiger partial charge < -0.3 is 0 Å². The SMILES string of the molecule is Cc1nc(C)c2ccc3cncc4ccc1c2c43. The topological polar surface area (TPSA) is 25.8 Å². The largest absolute Gasteiger partial charge is 0.263 e. The summed E-state index contributed by atoms with van der Waals surface area (Å²) in [7, 11) is 0. The average molecular weight is 232 g/mol. The molecule has 2 aromatic heterocycles. The first-order valence-corrected chi connectivity index (χ1v) is 6.11. The van der Waals surface area contributed by atoms with Gasteiger partial charge in [-0.1, -0.05) is 24.3 Å². The maximum Gasteiger partial charge on any atom is 0.0454 e. The van der Waals surface area contributed by atoms with Gasteiger partial charge in [-0.25, -0.2) is 0 Å². The molecule has 0 amide bonds. The van der Waals surface area contributed by atoms with E-state index < -0.39 is 0 Å². The molecule has 0 aliphatic heterocycles. The highest BCUT2D eigenvalue weighted by molar-refractivity contribution is 6.23. The summed E-state index contributed by atoms with van der Waals surface area (Å²) < 4.78 is 0. The molecule has 2 heterocycles. The zero-order chi connectivity index (χ0) is 12.3. The molecule has 0 N–H and O–H groups in total. The summed E-state index contributed by atoms with van der Waals surface area (Å²) in [4.78, 5) is 8.94. The van der Waals surface area contributed by atoms with Crippen LogP contribution < -0.4 is 0 Å². The van der Waals surface area contributed by atoms with Crippen molar-refractivity contribution in [1.29, 1.82) is 0 Å². The second kappa shape index (κ2) is 3.16. The van der Waals surface area contributed by atoms with Gasteiger partial charge in [0.25, 0.3) is 0 Å². The summed E-state index contributed by atoms with van der Waals surface area (Å²) >= 11 is 0. The Bertz CT molecular complexity index is 827. The minimum Gasteiger partial charge on any atom is -0.263 e. The number of hydrogen-bond donors (Lipinski definition) is 0. The highest BCUT2D eigenvalue weighted by Gasteiger charge is 2.11. The molecular formula is C16H12N2. The van der Waals surface area contributed by atoms with Gasteiger partial charge in [-0.05, 0) is 13.8 Å². The molecule has 0 aliphatic carbocycles. The monoisotopic (exact) mass is 232 g/mol. The second-order valence-corrected chi connectivity index (χ2v) is 4.84. The first kappa shape index (κ1) is 9.77. The smallest absolute Gasteiger partial charge is 0.0454 e. The van der Waals surface area contributed by atoms with Gasteiger partial charge in [0.2, 0.25) is 0 Å². The van der Waals surface area contributed by atoms with Crippen LogP contribution in [0.2, 0.25) is 0 Å². The Morgan fingerprint density at radius 2 is 1.28 bits per heavy atom. The van der Waals surface area contributed by atoms with Gasteiger partial charge in [0, 0.05) is 56.1 Å². The van der Waals surface area contributed by atoms with Gasteiger partial charge >= 0.3 is 0 Å². The van der Waals surface area contributed by atoms with Gasteiger partial charge in [-0.2, -0.15) is 0 Å². The molecule has 0 unspecified atom stereocenters. The highest BCUT2D eigenvalue weighted by atomic mass is 14.7. The number of nitrogens with zero attached hydrogens (tertiary/aromatic N) is 2. The lowest BCUT2D eigenvalue weighted by Crippen LogP contribution is -1.93. The second-order valence-electron chi connectivity index (χ2n) is 4.84. The molecule has 2 aromatic carbocycles. The summed E-state index contributed by atoms with van der Waals surface area (Å²) in [6, 6.07) is 8.60. The zero-order valence-corrected chi connectivity index (χ0v) is 10.4. The van der Waals surface area contributed by atoms with Crippen molar-refractivity contribution in [3.05, 3.63) is 48.0 Å². The fourth-order valence-corrected chi connectivity index (χ4v) is 2.94. The third kappa shape index (κ3) is 1.07. The van der Waals surface area contributed by atoms with Crippen LogP contribution in [-0.4, -0.2) is 9.97 Å². The van der Waals surface area contributed by atoms with E-state index in [-0.39, 0.29) is 0 Å². The van der Waals surface area contributed by atoms with Crippen molar-refractivity contribution in [2.45, 2.75) is 13.8 Å². The molecule has 0 radical (unpaired) electrons. The van der Waals surface area contributed by atoms with E-state index in [1.807, 2.05) is 12.4 Å². The van der Waals surface area contributed by atoms with Gasteiger partial charge in [0.1, 0.15) is 0 Å². The Morgan fingerprint density at radius 3 is 1.83 bits per heavy atom. The molecule has 0 saturated heterocycles. The van der Waals surface area contributed by atoms with Crippen molar-refractivity contribution >= 4 is 32.3 Å². The van der Waals surface area contributed by atoms with Gasteiger partial charge in [0.15, 0.2) is 0 Å². The predicted molar refractivity (Wildman–Crippen MR) is 75.2 cm³/mol. The molecule has 18 heavy (non-hydrogen) atoms. The summed E-state index contributed by atoms with van der Waals surface area (Å²) in [6.45, 7) is 4.16. The minimum absolute atomic E-state index is 1.10. The summed E-state index contributed by atoms with van der Waals surface area (Å²) in [5, 5.41) is 7.55. The lowest BCUT2D eigenvalue weighted by molar-refractivity contribution is 1.17. The zero-order valence-electron chi connectivity index (χ0n) is 10.4. The predicted octanol–water partition coefficient (Wildman–Crippen LogP) is 3.99. The first-order chi connectivity index (χ1) is 8.75. The van der Waals surface area contributed by atoms with Crippen LogP contribution in [0.1, 0.15) is 11.4 Å². The van der Waals surface area contributed by atoms with E-state index in [0.717, 1.165) is 11.4 Å². The standard InChI is InChI=1S/C16H12N2/c1-9-13-5-3-11-7-17-8-12-4-6-14(10(2)18-9)16(13)15(11)12/h3-8H,1-2H3. The highest BCUT2D eigenvalue weighted by Crippen LogP contribution is 2.35. The van der Waals surface area contributed by atoms with Crippen LogP contribution in [0.3, 0.4) is 0 Å². The van der Waals surface area contributed by atoms with Gasteiger partial charge in [-0.15, -0.1) is 0 Å². The van der Waals surface area contributed by atoms with Crippen molar-refractivity contribution in [2.24, 2.45) is 0 Å². The molecule has 0 saturated carbocycles. The molecule has 0 bridgehead atoms. The molecule has 0 atom stereocenters. The Hall–Kier alpha value is -2.22. The van der Waals surface area contributed by atoms with Crippen molar-refractivity contribution in [3.63, 3.8) is 0 Å². The fraction of sp³-hybridized carbons (Fsp3) is 0.125. The van der Waals surface area contributed by atoms with E-state index in [2.05, 4.69) is 48.1 Å². The van der Waals surface area contributed by atoms with Crippen LogP contribution in [0, 0.1) is 13.8 Å². The summed E-state index contributed by atoms with van der Waals surface area (Å²) in [5.74, 6) is 0. The Kier molecular flexibility index (Phi) is 1.72. The lowest BCUT2D eigenvalue weighted by atomic mass is 9.95. The molecule has 86 valence electrons. The number of hydrogen-bond acceptors (Lipinski definition) is 2. The van der Waals surface area contributed by atoms with E-state index in [0.29, 0.717) is 0 Å². The van der Waals surface area contributed by atoms with Crippen LogP contribution in [0.25, 0.3) is 32.3 Å². The molecule has 0 aliphatic rings. The van der Waals surface area contributed by atoms with E-state index in [9.17, 15) is 0 Å². The quantitative estimate of drug-likeness (QED) is 0.428. The molecule has 4 aromatic rings. The van der Waals surface area contributed by atoms with E-state index >= 15 is 0 Å². The number of aromatic nitrogens is 2. The van der Waals surface area contributed by atoms with Crippen LogP contribution >= 0.6 is 0 Å². The molecule has 0 fully saturated rings. The van der Waals surface area contributed by atoms with Crippen LogP contribution in [-0.2, 0) is 0 Å². The maximum atomic E-state index is 4.64. The van der Waals surface area contributed by atoms with E-state index in [1.165, 1.54) is 32.3 Å². The maximum absolute atomic E-state index is 4.64. The third-order valence-corrected chi connectivity index (χ3v) is 3.77. The normalized spacial score (nSPS) is 11.9. The third-order valence-electron chi connectivity index (χ3n) is 3.77. The van der Waals surface area contributed by atoms with Crippen LogP contribution in [0.15, 0.2) is 36.7 Å². The molecule has 0 spiro atoms. The number of rotatable bonds is 0. The Morgan fingerprint density at radius 1 is 0.722 bits per heavy atom. The molecule has 2 nitrogen and oxygen atoms in total.